The lowest BCUT2D eigenvalue weighted by Gasteiger charge is -2.12. The van der Waals surface area contributed by atoms with E-state index in [9.17, 15) is 13.2 Å². The Morgan fingerprint density at radius 2 is 2.05 bits per heavy atom. The molecule has 0 fully saturated rings. The third-order valence-corrected chi connectivity index (χ3v) is 4.54. The Bertz CT molecular complexity index is 551. The van der Waals surface area contributed by atoms with Crippen LogP contribution in [0.2, 0.25) is 0 Å². The first-order valence-electron chi connectivity index (χ1n) is 5.38. The Kier molecular flexibility index (Phi) is 4.27. The van der Waals surface area contributed by atoms with Gasteiger partial charge >= 0.3 is 6.18 Å². The molecule has 2 heterocycles. The second kappa shape index (κ2) is 5.60. The first-order chi connectivity index (χ1) is 8.88. The number of alkyl halides is 3. The molecular formula is C12H10BrF3N2S. The number of nitrogens with zero attached hydrogens (tertiary/aromatic N) is 1. The Hall–Kier alpha value is -0.920. The number of hydrogen-bond donors (Lipinski definition) is 1. The Morgan fingerprint density at radius 1 is 1.32 bits per heavy atom. The molecule has 2 nitrogen and oxygen atoms in total. The van der Waals surface area contributed by atoms with Gasteiger partial charge in [-0.25, -0.2) is 0 Å². The van der Waals surface area contributed by atoms with Gasteiger partial charge in [0.05, 0.1) is 17.3 Å². The summed E-state index contributed by atoms with van der Waals surface area (Å²) in [7, 11) is 0. The Balaban J connectivity index is 2.12. The minimum atomic E-state index is -4.37. The van der Waals surface area contributed by atoms with E-state index in [4.69, 9.17) is 5.73 Å². The number of thiophene rings is 1. The van der Waals surface area contributed by atoms with Crippen LogP contribution in [0.5, 0.6) is 0 Å². The summed E-state index contributed by atoms with van der Waals surface area (Å²) in [6.07, 6.45) is -3.01. The molecule has 2 aromatic rings. The maximum absolute atomic E-state index is 12.4. The van der Waals surface area contributed by atoms with Crippen molar-refractivity contribution in [2.24, 2.45) is 5.73 Å². The van der Waals surface area contributed by atoms with Gasteiger partial charge in [0, 0.05) is 22.0 Å². The molecule has 0 aliphatic carbocycles. The van der Waals surface area contributed by atoms with Crippen molar-refractivity contribution in [3.05, 3.63) is 50.4 Å². The Labute approximate surface area is 120 Å². The lowest BCUT2D eigenvalue weighted by molar-refractivity contribution is -0.137. The van der Waals surface area contributed by atoms with Crippen LogP contribution in [-0.4, -0.2) is 4.98 Å². The maximum atomic E-state index is 12.4. The number of halogens is 4. The first-order valence-corrected chi connectivity index (χ1v) is 7.06. The van der Waals surface area contributed by atoms with E-state index >= 15 is 0 Å². The van der Waals surface area contributed by atoms with Crippen molar-refractivity contribution in [3.8, 4) is 0 Å². The SMILES string of the molecule is NC(Cc1sccc1Br)c1ccc(C(F)(F)F)cn1. The summed E-state index contributed by atoms with van der Waals surface area (Å²) in [6, 6.07) is 3.82. The van der Waals surface area contributed by atoms with Gasteiger partial charge in [0.1, 0.15) is 0 Å². The third kappa shape index (κ3) is 3.55. The van der Waals surface area contributed by atoms with Crippen molar-refractivity contribution >= 4 is 27.3 Å². The molecule has 19 heavy (non-hydrogen) atoms. The second-order valence-electron chi connectivity index (χ2n) is 3.97. The summed E-state index contributed by atoms with van der Waals surface area (Å²) in [5.74, 6) is 0. The lowest BCUT2D eigenvalue weighted by atomic mass is 10.1. The smallest absolute Gasteiger partial charge is 0.322 e. The highest BCUT2D eigenvalue weighted by atomic mass is 79.9. The zero-order chi connectivity index (χ0) is 14.0. The normalized spacial score (nSPS) is 13.5. The number of aromatic nitrogens is 1. The quantitative estimate of drug-likeness (QED) is 0.902. The third-order valence-electron chi connectivity index (χ3n) is 2.59. The molecule has 2 aromatic heterocycles. The van der Waals surface area contributed by atoms with Gasteiger partial charge in [-0.05, 0) is 39.5 Å². The largest absolute Gasteiger partial charge is 0.417 e. The molecule has 0 aromatic carbocycles. The van der Waals surface area contributed by atoms with Crippen LogP contribution in [0.25, 0.3) is 0 Å². The summed E-state index contributed by atoms with van der Waals surface area (Å²) in [6.45, 7) is 0. The minimum Gasteiger partial charge on any atom is -0.322 e. The van der Waals surface area contributed by atoms with Gasteiger partial charge in [-0.1, -0.05) is 0 Å². The fourth-order valence-electron chi connectivity index (χ4n) is 1.57. The molecule has 0 bridgehead atoms. The van der Waals surface area contributed by atoms with Gasteiger partial charge in [0.2, 0.25) is 0 Å². The van der Waals surface area contributed by atoms with Crippen LogP contribution >= 0.6 is 27.3 Å². The molecule has 1 atom stereocenters. The van der Waals surface area contributed by atoms with E-state index in [1.54, 1.807) is 11.3 Å². The summed E-state index contributed by atoms with van der Waals surface area (Å²) >= 11 is 4.94. The van der Waals surface area contributed by atoms with E-state index in [2.05, 4.69) is 20.9 Å². The molecule has 0 saturated carbocycles. The number of hydrogen-bond acceptors (Lipinski definition) is 3. The summed E-state index contributed by atoms with van der Waals surface area (Å²) in [5.41, 5.74) is 5.65. The molecule has 0 aliphatic heterocycles. The molecule has 0 aliphatic rings. The van der Waals surface area contributed by atoms with Crippen LogP contribution in [0.1, 0.15) is 22.2 Å². The van der Waals surface area contributed by atoms with Crippen LogP contribution in [0, 0.1) is 0 Å². The zero-order valence-corrected chi connectivity index (χ0v) is 12.0. The van der Waals surface area contributed by atoms with E-state index in [1.165, 1.54) is 6.07 Å². The van der Waals surface area contributed by atoms with Crippen molar-refractivity contribution in [1.82, 2.24) is 4.98 Å². The predicted octanol–water partition coefficient (Wildman–Crippen LogP) is 4.17. The van der Waals surface area contributed by atoms with Crippen LogP contribution in [-0.2, 0) is 12.6 Å². The van der Waals surface area contributed by atoms with Crippen LogP contribution < -0.4 is 5.73 Å². The molecule has 7 heteroatoms. The van der Waals surface area contributed by atoms with E-state index in [0.717, 1.165) is 21.6 Å². The minimum absolute atomic E-state index is 0.419. The first kappa shape index (κ1) is 14.5. The number of pyridine rings is 1. The molecule has 0 amide bonds. The van der Waals surface area contributed by atoms with E-state index in [1.807, 2.05) is 11.4 Å². The van der Waals surface area contributed by atoms with Gasteiger partial charge in [0.15, 0.2) is 0 Å². The maximum Gasteiger partial charge on any atom is 0.417 e. The molecule has 102 valence electrons. The molecule has 2 N–H and O–H groups in total. The monoisotopic (exact) mass is 350 g/mol. The summed E-state index contributed by atoms with van der Waals surface area (Å²) in [5, 5.41) is 1.92. The summed E-state index contributed by atoms with van der Waals surface area (Å²) in [4.78, 5) is 4.85. The lowest BCUT2D eigenvalue weighted by Crippen LogP contribution is -2.15. The van der Waals surface area contributed by atoms with Crippen LogP contribution in [0.15, 0.2) is 34.2 Å². The molecule has 0 spiro atoms. The highest BCUT2D eigenvalue weighted by Crippen LogP contribution is 2.30. The topological polar surface area (TPSA) is 38.9 Å². The van der Waals surface area contributed by atoms with Crippen LogP contribution in [0.3, 0.4) is 0 Å². The standard InChI is InChI=1S/C12H10BrF3N2S/c13-8-3-4-19-11(8)5-9(17)10-2-1-7(6-18-10)12(14,15)16/h1-4,6,9H,5,17H2. The molecule has 1 unspecified atom stereocenters. The highest BCUT2D eigenvalue weighted by molar-refractivity contribution is 9.10. The van der Waals surface area contributed by atoms with Crippen molar-refractivity contribution < 1.29 is 13.2 Å². The fourth-order valence-corrected chi connectivity index (χ4v) is 3.14. The fraction of sp³-hybridized carbons (Fsp3) is 0.250. The Morgan fingerprint density at radius 3 is 2.53 bits per heavy atom. The number of rotatable bonds is 3. The van der Waals surface area contributed by atoms with Crippen molar-refractivity contribution in [1.29, 1.82) is 0 Å². The van der Waals surface area contributed by atoms with E-state index in [0.29, 0.717) is 12.1 Å². The zero-order valence-electron chi connectivity index (χ0n) is 9.62. The van der Waals surface area contributed by atoms with Crippen molar-refractivity contribution in [2.75, 3.05) is 0 Å². The van der Waals surface area contributed by atoms with E-state index < -0.39 is 17.8 Å². The van der Waals surface area contributed by atoms with Gasteiger partial charge in [-0.2, -0.15) is 13.2 Å². The highest BCUT2D eigenvalue weighted by Gasteiger charge is 2.30. The van der Waals surface area contributed by atoms with Crippen molar-refractivity contribution in [2.45, 2.75) is 18.6 Å². The average Bonchev–Trinajstić information content (AvgIpc) is 2.74. The van der Waals surface area contributed by atoms with Gasteiger partial charge < -0.3 is 5.73 Å². The summed E-state index contributed by atoms with van der Waals surface area (Å²) < 4.78 is 38.2. The predicted molar refractivity (Wildman–Crippen MR) is 71.9 cm³/mol. The van der Waals surface area contributed by atoms with Gasteiger partial charge in [0.25, 0.3) is 0 Å². The second-order valence-corrected chi connectivity index (χ2v) is 5.83. The van der Waals surface area contributed by atoms with Gasteiger partial charge in [-0.15, -0.1) is 11.3 Å². The average molecular weight is 351 g/mol. The molecular weight excluding hydrogens is 341 g/mol. The number of nitrogens with two attached hydrogens (primary N) is 1. The van der Waals surface area contributed by atoms with Crippen molar-refractivity contribution in [3.63, 3.8) is 0 Å². The van der Waals surface area contributed by atoms with E-state index in [-0.39, 0.29) is 0 Å². The molecule has 2 rings (SSSR count). The van der Waals surface area contributed by atoms with Crippen LogP contribution in [0.4, 0.5) is 13.2 Å². The molecule has 0 radical (unpaired) electrons. The molecule has 0 saturated heterocycles. The van der Waals surface area contributed by atoms with Gasteiger partial charge in [-0.3, -0.25) is 4.98 Å².